The molecule has 1 saturated heterocycles. The molecule has 0 saturated carbocycles. The Bertz CT molecular complexity index is 498. The van der Waals surface area contributed by atoms with E-state index in [1.165, 1.54) is 12.8 Å². The lowest BCUT2D eigenvalue weighted by atomic mass is 9.97. The zero-order valence-electron chi connectivity index (χ0n) is 13.4. The van der Waals surface area contributed by atoms with Crippen molar-refractivity contribution in [1.29, 1.82) is 0 Å². The lowest BCUT2D eigenvalue weighted by Gasteiger charge is -2.35. The van der Waals surface area contributed by atoms with Crippen molar-refractivity contribution >= 4 is 17.4 Å². The first-order valence-corrected chi connectivity index (χ1v) is 8.42. The average Bonchev–Trinajstić information content (AvgIpc) is 2.77. The van der Waals surface area contributed by atoms with E-state index in [0.717, 1.165) is 48.9 Å². The third-order valence-electron chi connectivity index (χ3n) is 4.32. The number of ketones is 1. The van der Waals surface area contributed by atoms with Crippen molar-refractivity contribution in [3.8, 4) is 0 Å². The van der Waals surface area contributed by atoms with E-state index in [1.54, 1.807) is 6.92 Å². The molecule has 1 aliphatic rings. The van der Waals surface area contributed by atoms with Gasteiger partial charge >= 0.3 is 0 Å². The number of carbonyl (C=O) groups excluding carboxylic acids is 1. The number of likely N-dealkylation sites (tertiary alicyclic amines) is 1. The van der Waals surface area contributed by atoms with Crippen LogP contribution < -0.4 is 0 Å². The number of aromatic nitrogens is 2. The first-order chi connectivity index (χ1) is 10.1. The van der Waals surface area contributed by atoms with E-state index in [9.17, 15) is 4.79 Å². The molecule has 4 nitrogen and oxygen atoms in total. The third kappa shape index (κ3) is 3.86. The Morgan fingerprint density at radius 2 is 2.14 bits per heavy atom. The largest absolute Gasteiger partial charge is 0.300 e. The number of rotatable bonds is 6. The molecule has 0 amide bonds. The molecule has 2 rings (SSSR count). The Hall–Kier alpha value is -0.870. The zero-order chi connectivity index (χ0) is 15.4. The summed E-state index contributed by atoms with van der Waals surface area (Å²) >= 11 is 6.50. The highest BCUT2D eigenvalue weighted by Crippen LogP contribution is 2.27. The molecule has 0 radical (unpaired) electrons. The molecule has 1 aromatic rings. The van der Waals surface area contributed by atoms with Gasteiger partial charge in [-0.1, -0.05) is 24.9 Å². The van der Waals surface area contributed by atoms with Crippen LogP contribution in [0.2, 0.25) is 5.02 Å². The van der Waals surface area contributed by atoms with Gasteiger partial charge < -0.3 is 0 Å². The van der Waals surface area contributed by atoms with Crippen molar-refractivity contribution in [2.45, 2.75) is 72.0 Å². The Labute approximate surface area is 132 Å². The molecular formula is C16H26ClN3O. The number of piperidine rings is 1. The van der Waals surface area contributed by atoms with Gasteiger partial charge in [-0.2, -0.15) is 5.10 Å². The van der Waals surface area contributed by atoms with E-state index in [1.807, 2.05) is 4.68 Å². The van der Waals surface area contributed by atoms with Crippen molar-refractivity contribution in [2.24, 2.45) is 0 Å². The lowest BCUT2D eigenvalue weighted by Crippen LogP contribution is -2.40. The summed E-state index contributed by atoms with van der Waals surface area (Å²) in [4.78, 5) is 13.9. The highest BCUT2D eigenvalue weighted by Gasteiger charge is 2.26. The van der Waals surface area contributed by atoms with Crippen LogP contribution >= 0.6 is 11.6 Å². The molecule has 2 heterocycles. The third-order valence-corrected chi connectivity index (χ3v) is 4.76. The minimum absolute atomic E-state index is 0.274. The van der Waals surface area contributed by atoms with Gasteiger partial charge in [0.2, 0.25) is 0 Å². The summed E-state index contributed by atoms with van der Waals surface area (Å²) in [6, 6.07) is 0.359. The van der Waals surface area contributed by atoms with Gasteiger partial charge in [-0.25, -0.2) is 0 Å². The van der Waals surface area contributed by atoms with Crippen LogP contribution in [-0.2, 0) is 24.3 Å². The van der Waals surface area contributed by atoms with Crippen molar-refractivity contribution in [1.82, 2.24) is 14.7 Å². The second kappa shape index (κ2) is 7.41. The number of Topliss-reactive ketones (excluding diaryl/α,β-unsaturated/α-hetero) is 1. The van der Waals surface area contributed by atoms with Crippen molar-refractivity contribution in [2.75, 3.05) is 6.54 Å². The maximum atomic E-state index is 11.5. The summed E-state index contributed by atoms with van der Waals surface area (Å²) in [5, 5.41) is 5.40. The molecule has 1 atom stereocenters. The summed E-state index contributed by atoms with van der Waals surface area (Å²) in [5.74, 6) is 0.274. The molecule has 0 spiro atoms. The number of aryl methyl sites for hydroxylation is 2. The maximum absolute atomic E-state index is 11.5. The fourth-order valence-electron chi connectivity index (χ4n) is 3.19. The van der Waals surface area contributed by atoms with Crippen LogP contribution in [0.1, 0.15) is 57.8 Å². The van der Waals surface area contributed by atoms with E-state index < -0.39 is 0 Å². The molecule has 1 unspecified atom stereocenters. The van der Waals surface area contributed by atoms with E-state index in [4.69, 9.17) is 11.6 Å². The summed E-state index contributed by atoms with van der Waals surface area (Å²) in [5.41, 5.74) is 2.08. The fourth-order valence-corrected chi connectivity index (χ4v) is 3.52. The highest BCUT2D eigenvalue weighted by atomic mass is 35.5. The minimum Gasteiger partial charge on any atom is -0.300 e. The van der Waals surface area contributed by atoms with Gasteiger partial charge in [0.25, 0.3) is 0 Å². The van der Waals surface area contributed by atoms with Crippen LogP contribution in [0, 0.1) is 0 Å². The normalized spacial score (nSPS) is 19.9. The molecule has 1 fully saturated rings. The molecule has 5 heteroatoms. The molecule has 0 N–H and O–H groups in total. The Morgan fingerprint density at radius 1 is 1.38 bits per heavy atom. The van der Waals surface area contributed by atoms with Crippen LogP contribution in [0.3, 0.4) is 0 Å². The van der Waals surface area contributed by atoms with Crippen molar-refractivity contribution < 1.29 is 4.79 Å². The number of hydrogen-bond acceptors (Lipinski definition) is 3. The minimum atomic E-state index is 0.274. The first kappa shape index (κ1) is 16.5. The second-order valence-electron chi connectivity index (χ2n) is 5.90. The number of halogens is 1. The van der Waals surface area contributed by atoms with Crippen LogP contribution in [0.15, 0.2) is 0 Å². The topological polar surface area (TPSA) is 38.1 Å². The van der Waals surface area contributed by atoms with Gasteiger partial charge in [-0.05, 0) is 39.7 Å². The summed E-state index contributed by atoms with van der Waals surface area (Å²) < 4.78 is 2.01. The second-order valence-corrected chi connectivity index (χ2v) is 6.28. The smallest absolute Gasteiger partial charge is 0.131 e. The quantitative estimate of drug-likeness (QED) is 0.807. The lowest BCUT2D eigenvalue weighted by molar-refractivity contribution is -0.118. The molecule has 1 aromatic heterocycles. The average molecular weight is 312 g/mol. The van der Waals surface area contributed by atoms with Crippen LogP contribution in [0.25, 0.3) is 0 Å². The zero-order valence-corrected chi connectivity index (χ0v) is 14.1. The molecule has 0 aliphatic carbocycles. The van der Waals surface area contributed by atoms with Gasteiger partial charge in [0, 0.05) is 25.6 Å². The molecule has 1 aliphatic heterocycles. The monoisotopic (exact) mass is 311 g/mol. The van der Waals surface area contributed by atoms with E-state index in [0.29, 0.717) is 12.5 Å². The van der Waals surface area contributed by atoms with Crippen molar-refractivity contribution in [3.63, 3.8) is 0 Å². The van der Waals surface area contributed by atoms with E-state index >= 15 is 0 Å². The molecular weight excluding hydrogens is 286 g/mol. The SMILES string of the molecule is CCc1nn(CC)c(CN2CCCCC2CC(C)=O)c1Cl. The Balaban J connectivity index is 2.18. The molecule has 0 aromatic carbocycles. The summed E-state index contributed by atoms with van der Waals surface area (Å²) in [6.45, 7) is 8.54. The molecule has 0 bridgehead atoms. The maximum Gasteiger partial charge on any atom is 0.131 e. The Kier molecular flexibility index (Phi) is 5.82. The van der Waals surface area contributed by atoms with Gasteiger partial charge in [0.15, 0.2) is 0 Å². The van der Waals surface area contributed by atoms with Gasteiger partial charge in [-0.15, -0.1) is 0 Å². The van der Waals surface area contributed by atoms with E-state index in [2.05, 4.69) is 23.8 Å². The molecule has 21 heavy (non-hydrogen) atoms. The standard InChI is InChI=1S/C16H26ClN3O/c1-4-14-16(17)15(20(5-2)18-14)11-19-9-7-6-8-13(19)10-12(3)21/h13H,4-11H2,1-3H3. The number of nitrogens with zero attached hydrogens (tertiary/aromatic N) is 3. The van der Waals surface area contributed by atoms with Gasteiger partial charge in [-0.3, -0.25) is 14.4 Å². The molecule has 118 valence electrons. The van der Waals surface area contributed by atoms with Crippen LogP contribution in [0.4, 0.5) is 0 Å². The van der Waals surface area contributed by atoms with Crippen molar-refractivity contribution in [3.05, 3.63) is 16.4 Å². The number of carbonyl (C=O) groups is 1. The summed E-state index contributed by atoms with van der Waals surface area (Å²) in [6.07, 6.45) is 5.04. The highest BCUT2D eigenvalue weighted by molar-refractivity contribution is 6.31. The Morgan fingerprint density at radius 3 is 2.76 bits per heavy atom. The predicted octanol–water partition coefficient (Wildman–Crippen LogP) is 3.45. The van der Waals surface area contributed by atoms with Crippen LogP contribution in [0.5, 0.6) is 0 Å². The predicted molar refractivity (Wildman–Crippen MR) is 85.6 cm³/mol. The van der Waals surface area contributed by atoms with Gasteiger partial charge in [0.1, 0.15) is 5.78 Å². The van der Waals surface area contributed by atoms with Gasteiger partial charge in [0.05, 0.1) is 16.4 Å². The van der Waals surface area contributed by atoms with E-state index in [-0.39, 0.29) is 5.78 Å². The summed E-state index contributed by atoms with van der Waals surface area (Å²) in [7, 11) is 0. The number of hydrogen-bond donors (Lipinski definition) is 0. The fraction of sp³-hybridized carbons (Fsp3) is 0.750. The van der Waals surface area contributed by atoms with Crippen LogP contribution in [-0.4, -0.2) is 33.1 Å². The first-order valence-electron chi connectivity index (χ1n) is 8.04.